The average Bonchev–Trinajstić information content (AvgIpc) is 2.47. The van der Waals surface area contributed by atoms with Crippen LogP contribution in [0.4, 0.5) is 4.39 Å². The molecule has 0 spiro atoms. The highest BCUT2D eigenvalue weighted by Crippen LogP contribution is 2.31. The zero-order chi connectivity index (χ0) is 15.4. The van der Waals surface area contributed by atoms with Crippen LogP contribution >= 0.6 is 23.2 Å². The lowest BCUT2D eigenvalue weighted by molar-refractivity contribution is 0.415. The zero-order valence-corrected chi connectivity index (χ0v) is 12.7. The van der Waals surface area contributed by atoms with Gasteiger partial charge in [0.2, 0.25) is 0 Å². The van der Waals surface area contributed by atoms with E-state index in [0.29, 0.717) is 26.9 Å². The summed E-state index contributed by atoms with van der Waals surface area (Å²) in [6, 6.07) is 11.7. The topological polar surface area (TPSA) is 33.0 Å². The molecule has 0 aliphatic rings. The van der Waals surface area contributed by atoms with E-state index in [9.17, 15) is 9.65 Å². The fourth-order valence-electron chi connectivity index (χ4n) is 2.07. The average molecular weight is 324 g/mol. The van der Waals surface area contributed by atoms with Gasteiger partial charge in [-0.15, -0.1) is 0 Å². The third kappa shape index (κ3) is 3.47. The van der Waals surface area contributed by atoms with Crippen LogP contribution in [0, 0.1) is 17.1 Å². The standard InChI is InChI=1S/C16H12Cl2FNO/c1-21-16-6-5-10(8-14(16)18)11(9-20)7-12-13(17)3-2-4-15(12)19/h2-6,8,11H,7H2,1H3. The van der Waals surface area contributed by atoms with Crippen molar-refractivity contribution in [3.63, 3.8) is 0 Å². The van der Waals surface area contributed by atoms with Crippen molar-refractivity contribution in [2.24, 2.45) is 0 Å². The van der Waals surface area contributed by atoms with Crippen LogP contribution < -0.4 is 4.74 Å². The highest BCUT2D eigenvalue weighted by molar-refractivity contribution is 6.32. The van der Waals surface area contributed by atoms with Crippen LogP contribution in [-0.4, -0.2) is 7.11 Å². The number of halogens is 3. The van der Waals surface area contributed by atoms with Crippen LogP contribution in [0.25, 0.3) is 0 Å². The van der Waals surface area contributed by atoms with E-state index in [2.05, 4.69) is 6.07 Å². The molecule has 1 atom stereocenters. The van der Waals surface area contributed by atoms with Crippen molar-refractivity contribution in [1.29, 1.82) is 5.26 Å². The lowest BCUT2D eigenvalue weighted by Crippen LogP contribution is -2.03. The summed E-state index contributed by atoms with van der Waals surface area (Å²) in [6.07, 6.45) is 0.185. The lowest BCUT2D eigenvalue weighted by Gasteiger charge is -2.13. The van der Waals surface area contributed by atoms with E-state index in [0.717, 1.165) is 0 Å². The van der Waals surface area contributed by atoms with Gasteiger partial charge in [-0.25, -0.2) is 4.39 Å². The summed E-state index contributed by atoms with van der Waals surface area (Å²) in [7, 11) is 1.52. The Hall–Kier alpha value is -1.76. The Morgan fingerprint density at radius 2 is 2.00 bits per heavy atom. The van der Waals surface area contributed by atoms with Crippen molar-refractivity contribution < 1.29 is 9.13 Å². The lowest BCUT2D eigenvalue weighted by atomic mass is 9.93. The molecule has 0 aliphatic carbocycles. The first-order valence-corrected chi connectivity index (χ1v) is 6.98. The first-order chi connectivity index (χ1) is 10.1. The van der Waals surface area contributed by atoms with Crippen LogP contribution in [0.5, 0.6) is 5.75 Å². The summed E-state index contributed by atoms with van der Waals surface area (Å²) in [6.45, 7) is 0. The summed E-state index contributed by atoms with van der Waals surface area (Å²) in [5.74, 6) is -0.425. The van der Waals surface area contributed by atoms with Gasteiger partial charge in [-0.05, 0) is 36.2 Å². The predicted molar refractivity (Wildman–Crippen MR) is 81.5 cm³/mol. The summed E-state index contributed by atoms with van der Waals surface area (Å²) in [5, 5.41) is 10.1. The normalized spacial score (nSPS) is 11.8. The fraction of sp³-hybridized carbons (Fsp3) is 0.188. The van der Waals surface area contributed by atoms with Crippen molar-refractivity contribution in [3.8, 4) is 11.8 Å². The smallest absolute Gasteiger partial charge is 0.137 e. The van der Waals surface area contributed by atoms with E-state index in [1.807, 2.05) is 0 Å². The Balaban J connectivity index is 2.33. The van der Waals surface area contributed by atoms with Crippen LogP contribution in [0.1, 0.15) is 17.0 Å². The van der Waals surface area contributed by atoms with Crippen molar-refractivity contribution in [3.05, 3.63) is 63.4 Å². The maximum Gasteiger partial charge on any atom is 0.137 e. The molecule has 21 heavy (non-hydrogen) atoms. The van der Waals surface area contributed by atoms with Gasteiger partial charge in [-0.2, -0.15) is 5.26 Å². The quantitative estimate of drug-likeness (QED) is 0.794. The number of hydrogen-bond donors (Lipinski definition) is 0. The van der Waals surface area contributed by atoms with Gasteiger partial charge in [0.05, 0.1) is 24.1 Å². The van der Waals surface area contributed by atoms with E-state index in [4.69, 9.17) is 27.9 Å². The molecule has 5 heteroatoms. The first kappa shape index (κ1) is 15.6. The maximum absolute atomic E-state index is 13.8. The van der Waals surface area contributed by atoms with Crippen LogP contribution in [0.2, 0.25) is 10.0 Å². The Morgan fingerprint density at radius 3 is 2.57 bits per heavy atom. The molecule has 0 saturated heterocycles. The predicted octanol–water partition coefficient (Wildman–Crippen LogP) is 4.99. The number of benzene rings is 2. The molecule has 0 aromatic heterocycles. The molecule has 1 unspecified atom stereocenters. The van der Waals surface area contributed by atoms with Crippen molar-refractivity contribution in [1.82, 2.24) is 0 Å². The second-order valence-corrected chi connectivity index (χ2v) is 5.29. The van der Waals surface area contributed by atoms with E-state index in [1.165, 1.54) is 19.2 Å². The minimum atomic E-state index is -0.539. The van der Waals surface area contributed by atoms with Crippen molar-refractivity contribution >= 4 is 23.2 Å². The summed E-state index contributed by atoms with van der Waals surface area (Å²) in [4.78, 5) is 0. The molecule has 0 aliphatic heterocycles. The molecule has 2 nitrogen and oxygen atoms in total. The number of nitriles is 1. The van der Waals surface area contributed by atoms with E-state index < -0.39 is 11.7 Å². The number of rotatable bonds is 4. The largest absolute Gasteiger partial charge is 0.495 e. The van der Waals surface area contributed by atoms with Gasteiger partial charge in [0.25, 0.3) is 0 Å². The van der Waals surface area contributed by atoms with Gasteiger partial charge in [-0.3, -0.25) is 0 Å². The molecule has 2 aromatic carbocycles. The van der Waals surface area contributed by atoms with E-state index in [1.54, 1.807) is 24.3 Å². The monoisotopic (exact) mass is 323 g/mol. The minimum absolute atomic E-state index is 0.185. The van der Waals surface area contributed by atoms with E-state index >= 15 is 0 Å². The third-order valence-corrected chi connectivity index (χ3v) is 3.85. The number of nitrogens with zero attached hydrogens (tertiary/aromatic N) is 1. The van der Waals surface area contributed by atoms with Crippen molar-refractivity contribution in [2.45, 2.75) is 12.3 Å². The molecule has 0 radical (unpaired) electrons. The van der Waals surface area contributed by atoms with Gasteiger partial charge in [0.1, 0.15) is 11.6 Å². The van der Waals surface area contributed by atoms with Gasteiger partial charge in [0, 0.05) is 10.6 Å². The molecule has 0 fully saturated rings. The SMILES string of the molecule is COc1ccc(C(C#N)Cc2c(F)cccc2Cl)cc1Cl. The Morgan fingerprint density at radius 1 is 1.24 bits per heavy atom. The molecular weight excluding hydrogens is 312 g/mol. The molecule has 0 heterocycles. The molecule has 0 saturated carbocycles. The second kappa shape index (κ2) is 6.80. The highest BCUT2D eigenvalue weighted by Gasteiger charge is 2.17. The van der Waals surface area contributed by atoms with Gasteiger partial charge < -0.3 is 4.74 Å². The van der Waals surface area contributed by atoms with Crippen LogP contribution in [-0.2, 0) is 6.42 Å². The highest BCUT2D eigenvalue weighted by atomic mass is 35.5. The Kier molecular flexibility index (Phi) is 5.06. The zero-order valence-electron chi connectivity index (χ0n) is 11.2. The summed E-state index contributed by atoms with van der Waals surface area (Å²) >= 11 is 12.1. The molecule has 0 amide bonds. The van der Waals surface area contributed by atoms with Crippen molar-refractivity contribution in [2.75, 3.05) is 7.11 Å². The number of ether oxygens (including phenoxy) is 1. The fourth-order valence-corrected chi connectivity index (χ4v) is 2.58. The number of hydrogen-bond acceptors (Lipinski definition) is 2. The molecular formula is C16H12Cl2FNO. The van der Waals surface area contributed by atoms with Crippen LogP contribution in [0.3, 0.4) is 0 Å². The maximum atomic E-state index is 13.8. The van der Waals surface area contributed by atoms with Gasteiger partial charge >= 0.3 is 0 Å². The van der Waals surface area contributed by atoms with Crippen LogP contribution in [0.15, 0.2) is 36.4 Å². The molecule has 108 valence electrons. The molecule has 2 aromatic rings. The summed E-state index contributed by atoms with van der Waals surface area (Å²) in [5.41, 5.74) is 1.03. The number of methoxy groups -OCH3 is 1. The summed E-state index contributed by atoms with van der Waals surface area (Å²) < 4.78 is 18.9. The van der Waals surface area contributed by atoms with E-state index in [-0.39, 0.29) is 6.42 Å². The van der Waals surface area contributed by atoms with Gasteiger partial charge in [-0.1, -0.05) is 35.3 Å². The third-order valence-electron chi connectivity index (χ3n) is 3.20. The Bertz CT molecular complexity index is 677. The second-order valence-electron chi connectivity index (χ2n) is 4.48. The first-order valence-electron chi connectivity index (χ1n) is 6.22. The van der Waals surface area contributed by atoms with Gasteiger partial charge in [0.15, 0.2) is 0 Å². The Labute approximate surface area is 132 Å². The minimum Gasteiger partial charge on any atom is -0.495 e. The molecule has 0 N–H and O–H groups in total. The molecule has 2 rings (SSSR count). The molecule has 0 bridgehead atoms.